The molecule has 0 bridgehead atoms. The summed E-state index contributed by atoms with van der Waals surface area (Å²) in [5.41, 5.74) is -0.330. The standard InChI is InChI=1S/C7H8F2N2O2S/c1-4-2-3-5(14(10,12)13)11-6(4)7(8)9/h2-3,7H,1H3,(H2,10,12,13). The second-order valence-electron chi connectivity index (χ2n) is 2.70. The van der Waals surface area contributed by atoms with Gasteiger partial charge in [0, 0.05) is 0 Å². The quantitative estimate of drug-likeness (QED) is 0.810. The molecular formula is C7H8F2N2O2S. The third-order valence-corrected chi connectivity index (χ3v) is 2.42. The van der Waals surface area contributed by atoms with Crippen molar-refractivity contribution in [2.75, 3.05) is 0 Å². The molecular weight excluding hydrogens is 214 g/mol. The van der Waals surface area contributed by atoms with Gasteiger partial charge in [-0.15, -0.1) is 0 Å². The van der Waals surface area contributed by atoms with E-state index in [1.54, 1.807) is 0 Å². The number of nitrogens with two attached hydrogens (primary N) is 1. The molecule has 14 heavy (non-hydrogen) atoms. The van der Waals surface area contributed by atoms with E-state index in [-0.39, 0.29) is 5.56 Å². The van der Waals surface area contributed by atoms with Gasteiger partial charge in [-0.3, -0.25) is 0 Å². The van der Waals surface area contributed by atoms with Gasteiger partial charge in [-0.05, 0) is 18.6 Å². The van der Waals surface area contributed by atoms with Gasteiger partial charge in [0.2, 0.25) is 0 Å². The van der Waals surface area contributed by atoms with Gasteiger partial charge in [-0.25, -0.2) is 27.3 Å². The molecule has 0 unspecified atom stereocenters. The normalized spacial score (nSPS) is 12.1. The summed E-state index contributed by atoms with van der Waals surface area (Å²) in [5.74, 6) is 0. The molecule has 0 aromatic carbocycles. The van der Waals surface area contributed by atoms with Crippen molar-refractivity contribution in [3.63, 3.8) is 0 Å². The lowest BCUT2D eigenvalue weighted by molar-refractivity contribution is 0.144. The molecule has 1 aromatic rings. The van der Waals surface area contributed by atoms with Gasteiger partial charge in [-0.2, -0.15) is 0 Å². The predicted molar refractivity (Wildman–Crippen MR) is 45.3 cm³/mol. The van der Waals surface area contributed by atoms with Crippen molar-refractivity contribution in [1.29, 1.82) is 0 Å². The van der Waals surface area contributed by atoms with Crippen molar-refractivity contribution in [2.24, 2.45) is 5.14 Å². The Morgan fingerprint density at radius 1 is 1.43 bits per heavy atom. The second kappa shape index (κ2) is 3.58. The van der Waals surface area contributed by atoms with Crippen molar-refractivity contribution >= 4 is 10.0 Å². The van der Waals surface area contributed by atoms with Crippen molar-refractivity contribution in [1.82, 2.24) is 4.98 Å². The summed E-state index contributed by atoms with van der Waals surface area (Å²) in [6, 6.07) is 2.34. The topological polar surface area (TPSA) is 73.1 Å². The van der Waals surface area contributed by atoms with Crippen LogP contribution in [0, 0.1) is 6.92 Å². The summed E-state index contributed by atoms with van der Waals surface area (Å²) in [5, 5.41) is 4.20. The van der Waals surface area contributed by atoms with Crippen LogP contribution in [-0.4, -0.2) is 13.4 Å². The maximum absolute atomic E-state index is 12.3. The van der Waals surface area contributed by atoms with Gasteiger partial charge in [0.1, 0.15) is 5.69 Å². The van der Waals surface area contributed by atoms with E-state index >= 15 is 0 Å². The van der Waals surface area contributed by atoms with Gasteiger partial charge < -0.3 is 0 Å². The highest BCUT2D eigenvalue weighted by Crippen LogP contribution is 2.21. The van der Waals surface area contributed by atoms with Crippen molar-refractivity contribution in [3.05, 3.63) is 23.4 Å². The largest absolute Gasteiger partial charge is 0.280 e. The summed E-state index contributed by atoms with van der Waals surface area (Å²) in [6.45, 7) is 1.42. The first-order valence-electron chi connectivity index (χ1n) is 3.61. The average Bonchev–Trinajstić information content (AvgIpc) is 2.02. The Bertz CT molecular complexity index is 445. The number of pyridine rings is 1. The molecule has 0 saturated carbocycles. The molecule has 0 aliphatic rings. The minimum absolute atomic E-state index is 0.229. The van der Waals surface area contributed by atoms with E-state index in [0.717, 1.165) is 6.07 Å². The lowest BCUT2D eigenvalue weighted by Crippen LogP contribution is -2.15. The molecule has 2 N–H and O–H groups in total. The van der Waals surface area contributed by atoms with Crippen molar-refractivity contribution in [2.45, 2.75) is 18.4 Å². The molecule has 1 heterocycles. The number of rotatable bonds is 2. The molecule has 0 aliphatic heterocycles. The van der Waals surface area contributed by atoms with Gasteiger partial charge >= 0.3 is 0 Å². The summed E-state index contributed by atoms with van der Waals surface area (Å²) in [4.78, 5) is 3.28. The Labute approximate surface area is 79.8 Å². The van der Waals surface area contributed by atoms with Crippen LogP contribution in [0.3, 0.4) is 0 Å². The predicted octanol–water partition coefficient (Wildman–Crippen LogP) is 0.975. The maximum atomic E-state index is 12.3. The number of hydrogen-bond acceptors (Lipinski definition) is 3. The minimum Gasteiger partial charge on any atom is -0.234 e. The highest BCUT2D eigenvalue weighted by atomic mass is 32.2. The van der Waals surface area contributed by atoms with E-state index in [0.29, 0.717) is 0 Å². The number of nitrogens with zero attached hydrogens (tertiary/aromatic N) is 1. The van der Waals surface area contributed by atoms with Crippen LogP contribution >= 0.6 is 0 Å². The maximum Gasteiger partial charge on any atom is 0.280 e. The van der Waals surface area contributed by atoms with Crippen LogP contribution < -0.4 is 5.14 Å². The summed E-state index contributed by atoms with van der Waals surface area (Å²) in [6.07, 6.45) is -2.81. The number of sulfonamides is 1. The van der Waals surface area contributed by atoms with E-state index in [2.05, 4.69) is 4.98 Å². The first-order valence-corrected chi connectivity index (χ1v) is 5.15. The van der Waals surface area contributed by atoms with Crippen LogP contribution in [0.25, 0.3) is 0 Å². The van der Waals surface area contributed by atoms with Gasteiger partial charge in [0.05, 0.1) is 0 Å². The van der Waals surface area contributed by atoms with Crippen molar-refractivity contribution in [3.8, 4) is 0 Å². The van der Waals surface area contributed by atoms with Crippen LogP contribution in [0.2, 0.25) is 0 Å². The Morgan fingerprint density at radius 2 is 2.00 bits per heavy atom. The molecule has 1 rings (SSSR count). The zero-order chi connectivity index (χ0) is 10.9. The highest BCUT2D eigenvalue weighted by molar-refractivity contribution is 7.89. The lowest BCUT2D eigenvalue weighted by atomic mass is 10.2. The van der Waals surface area contributed by atoms with Crippen LogP contribution in [0.15, 0.2) is 17.2 Å². The van der Waals surface area contributed by atoms with E-state index < -0.39 is 27.2 Å². The summed E-state index contributed by atoms with van der Waals surface area (Å²) in [7, 11) is -4.02. The molecule has 0 spiro atoms. The Morgan fingerprint density at radius 3 is 2.43 bits per heavy atom. The molecule has 0 atom stereocenters. The molecule has 4 nitrogen and oxygen atoms in total. The number of aromatic nitrogens is 1. The van der Waals surface area contributed by atoms with Gasteiger partial charge in [0.25, 0.3) is 16.4 Å². The molecule has 0 fully saturated rings. The van der Waals surface area contributed by atoms with Crippen LogP contribution in [-0.2, 0) is 10.0 Å². The lowest BCUT2D eigenvalue weighted by Gasteiger charge is -2.04. The third kappa shape index (κ3) is 2.24. The SMILES string of the molecule is Cc1ccc(S(N)(=O)=O)nc1C(F)F. The van der Waals surface area contributed by atoms with Gasteiger partial charge in [0.15, 0.2) is 5.03 Å². The number of aryl methyl sites for hydroxylation is 1. The fraction of sp³-hybridized carbons (Fsp3) is 0.286. The Balaban J connectivity index is 3.34. The van der Waals surface area contributed by atoms with Crippen LogP contribution in [0.4, 0.5) is 8.78 Å². The average molecular weight is 222 g/mol. The second-order valence-corrected chi connectivity index (χ2v) is 4.21. The molecule has 0 saturated heterocycles. The van der Waals surface area contributed by atoms with E-state index in [1.807, 2.05) is 0 Å². The van der Waals surface area contributed by atoms with E-state index in [9.17, 15) is 17.2 Å². The smallest absolute Gasteiger partial charge is 0.234 e. The molecule has 0 aliphatic carbocycles. The molecule has 0 radical (unpaired) electrons. The summed E-state index contributed by atoms with van der Waals surface area (Å²) < 4.78 is 46.2. The Hall–Kier alpha value is -1.08. The van der Waals surface area contributed by atoms with Crippen LogP contribution in [0.5, 0.6) is 0 Å². The molecule has 1 aromatic heterocycles. The van der Waals surface area contributed by atoms with E-state index in [4.69, 9.17) is 5.14 Å². The fourth-order valence-electron chi connectivity index (χ4n) is 0.905. The number of alkyl halides is 2. The number of halogens is 2. The minimum atomic E-state index is -4.02. The zero-order valence-electron chi connectivity index (χ0n) is 7.24. The third-order valence-electron chi connectivity index (χ3n) is 1.61. The zero-order valence-corrected chi connectivity index (χ0v) is 8.05. The molecule has 78 valence electrons. The fourth-order valence-corrected chi connectivity index (χ4v) is 1.39. The summed E-state index contributed by atoms with van der Waals surface area (Å²) >= 11 is 0. The van der Waals surface area contributed by atoms with Crippen molar-refractivity contribution < 1.29 is 17.2 Å². The number of primary sulfonamides is 1. The number of hydrogen-bond donors (Lipinski definition) is 1. The van der Waals surface area contributed by atoms with E-state index in [1.165, 1.54) is 13.0 Å². The van der Waals surface area contributed by atoms with Crippen LogP contribution in [0.1, 0.15) is 17.7 Å². The highest BCUT2D eigenvalue weighted by Gasteiger charge is 2.17. The first kappa shape index (κ1) is 11.0. The molecule has 0 amide bonds. The monoisotopic (exact) mass is 222 g/mol. The Kier molecular flexibility index (Phi) is 2.81. The molecule has 7 heteroatoms. The van der Waals surface area contributed by atoms with Gasteiger partial charge in [-0.1, -0.05) is 6.07 Å². The first-order chi connectivity index (χ1) is 6.32.